The van der Waals surface area contributed by atoms with Crippen LogP contribution in [0.3, 0.4) is 0 Å². The molecule has 1 aromatic rings. The van der Waals surface area contributed by atoms with E-state index < -0.39 is 0 Å². The van der Waals surface area contributed by atoms with Crippen molar-refractivity contribution in [1.82, 2.24) is 9.97 Å². The summed E-state index contributed by atoms with van der Waals surface area (Å²) in [4.78, 5) is 11.1. The Morgan fingerprint density at radius 2 is 2.00 bits per heavy atom. The third kappa shape index (κ3) is 3.69. The SMILES string of the molecule is CCN(CC(C)C#N)c1nc(C)cc(C(C)C)n1. The first-order valence-corrected chi connectivity index (χ1v) is 6.48. The van der Waals surface area contributed by atoms with Crippen LogP contribution in [0.1, 0.15) is 45.0 Å². The number of nitriles is 1. The predicted octanol–water partition coefficient (Wildman–Crippen LogP) is 2.89. The van der Waals surface area contributed by atoms with Crippen molar-refractivity contribution in [2.45, 2.75) is 40.5 Å². The first-order valence-electron chi connectivity index (χ1n) is 6.48. The van der Waals surface area contributed by atoms with Crippen molar-refractivity contribution >= 4 is 5.95 Å². The van der Waals surface area contributed by atoms with Gasteiger partial charge in [-0.1, -0.05) is 13.8 Å². The van der Waals surface area contributed by atoms with Gasteiger partial charge in [-0.3, -0.25) is 0 Å². The largest absolute Gasteiger partial charge is 0.340 e. The van der Waals surface area contributed by atoms with E-state index in [1.807, 2.05) is 19.9 Å². The average Bonchev–Trinajstić information content (AvgIpc) is 2.34. The van der Waals surface area contributed by atoms with Gasteiger partial charge in [-0.2, -0.15) is 5.26 Å². The first kappa shape index (κ1) is 14.4. The second-order valence-corrected chi connectivity index (χ2v) is 4.96. The molecule has 1 unspecified atom stereocenters. The number of aromatic nitrogens is 2. The Hall–Kier alpha value is -1.63. The summed E-state index contributed by atoms with van der Waals surface area (Å²) in [7, 11) is 0. The molecular formula is C14H22N4. The zero-order valence-electron chi connectivity index (χ0n) is 11.9. The molecule has 1 atom stereocenters. The van der Waals surface area contributed by atoms with E-state index in [1.54, 1.807) is 0 Å². The lowest BCUT2D eigenvalue weighted by atomic mass is 10.1. The normalized spacial score (nSPS) is 12.3. The summed E-state index contributed by atoms with van der Waals surface area (Å²) in [5.74, 6) is 1.11. The molecule has 98 valence electrons. The summed E-state index contributed by atoms with van der Waals surface area (Å²) in [6.07, 6.45) is 0. The van der Waals surface area contributed by atoms with Crippen LogP contribution in [0.15, 0.2) is 6.07 Å². The van der Waals surface area contributed by atoms with Gasteiger partial charge >= 0.3 is 0 Å². The van der Waals surface area contributed by atoms with Crippen LogP contribution in [-0.2, 0) is 0 Å². The Morgan fingerprint density at radius 3 is 2.50 bits per heavy atom. The average molecular weight is 246 g/mol. The predicted molar refractivity (Wildman–Crippen MR) is 73.5 cm³/mol. The standard InChI is InChI=1S/C14H22N4/c1-6-18(9-11(4)8-15)14-16-12(5)7-13(17-14)10(2)3/h7,10-11H,6,9H2,1-5H3. The highest BCUT2D eigenvalue weighted by atomic mass is 15.2. The maximum absolute atomic E-state index is 8.91. The molecule has 18 heavy (non-hydrogen) atoms. The molecule has 0 N–H and O–H groups in total. The van der Waals surface area contributed by atoms with Crippen LogP contribution in [0.25, 0.3) is 0 Å². The van der Waals surface area contributed by atoms with Gasteiger partial charge in [0.2, 0.25) is 5.95 Å². The molecule has 1 rings (SSSR count). The van der Waals surface area contributed by atoms with Gasteiger partial charge in [0.15, 0.2) is 0 Å². The van der Waals surface area contributed by atoms with Crippen molar-refractivity contribution in [1.29, 1.82) is 5.26 Å². The highest BCUT2D eigenvalue weighted by Gasteiger charge is 2.14. The molecule has 0 saturated heterocycles. The smallest absolute Gasteiger partial charge is 0.225 e. The molecule has 1 heterocycles. The molecule has 0 aliphatic rings. The third-order valence-electron chi connectivity index (χ3n) is 2.83. The van der Waals surface area contributed by atoms with Crippen LogP contribution in [0.4, 0.5) is 5.95 Å². The molecule has 0 fully saturated rings. The Morgan fingerprint density at radius 1 is 1.33 bits per heavy atom. The van der Waals surface area contributed by atoms with E-state index >= 15 is 0 Å². The lowest BCUT2D eigenvalue weighted by Crippen LogP contribution is -2.30. The van der Waals surface area contributed by atoms with Gasteiger partial charge in [0.25, 0.3) is 0 Å². The van der Waals surface area contributed by atoms with Gasteiger partial charge in [0.1, 0.15) is 0 Å². The Balaban J connectivity index is 3.02. The summed E-state index contributed by atoms with van der Waals surface area (Å²) in [5.41, 5.74) is 2.03. The van der Waals surface area contributed by atoms with Crippen LogP contribution in [-0.4, -0.2) is 23.1 Å². The van der Waals surface area contributed by atoms with Crippen molar-refractivity contribution in [2.75, 3.05) is 18.0 Å². The molecule has 4 nitrogen and oxygen atoms in total. The van der Waals surface area contributed by atoms with E-state index in [0.717, 1.165) is 23.9 Å². The topological polar surface area (TPSA) is 52.8 Å². The van der Waals surface area contributed by atoms with E-state index in [4.69, 9.17) is 5.26 Å². The Kier molecular flexibility index (Phi) is 5.08. The van der Waals surface area contributed by atoms with Gasteiger partial charge in [0.05, 0.1) is 12.0 Å². The molecule has 0 bridgehead atoms. The van der Waals surface area contributed by atoms with Crippen molar-refractivity contribution in [2.24, 2.45) is 5.92 Å². The number of nitrogens with zero attached hydrogens (tertiary/aromatic N) is 4. The van der Waals surface area contributed by atoms with Crippen LogP contribution >= 0.6 is 0 Å². The van der Waals surface area contributed by atoms with Crippen LogP contribution < -0.4 is 4.90 Å². The van der Waals surface area contributed by atoms with Gasteiger partial charge < -0.3 is 4.90 Å². The fourth-order valence-electron chi connectivity index (χ4n) is 1.74. The number of aryl methyl sites for hydroxylation is 1. The lowest BCUT2D eigenvalue weighted by Gasteiger charge is -2.23. The summed E-state index contributed by atoms with van der Waals surface area (Å²) in [6, 6.07) is 4.28. The maximum Gasteiger partial charge on any atom is 0.225 e. The number of hydrogen-bond donors (Lipinski definition) is 0. The van der Waals surface area contributed by atoms with Crippen molar-refractivity contribution in [3.05, 3.63) is 17.5 Å². The monoisotopic (exact) mass is 246 g/mol. The minimum atomic E-state index is -0.0171. The van der Waals surface area contributed by atoms with E-state index in [1.165, 1.54) is 0 Å². The van der Waals surface area contributed by atoms with Crippen LogP contribution in [0, 0.1) is 24.2 Å². The molecule has 0 saturated carbocycles. The number of rotatable bonds is 5. The van der Waals surface area contributed by atoms with Crippen molar-refractivity contribution < 1.29 is 0 Å². The van der Waals surface area contributed by atoms with E-state index in [2.05, 4.69) is 41.7 Å². The quantitative estimate of drug-likeness (QED) is 0.801. The summed E-state index contributed by atoms with van der Waals surface area (Å²) in [6.45, 7) is 11.7. The fourth-order valence-corrected chi connectivity index (χ4v) is 1.74. The minimum absolute atomic E-state index is 0.0171. The molecule has 0 aliphatic carbocycles. The molecule has 0 amide bonds. The number of hydrogen-bond acceptors (Lipinski definition) is 4. The minimum Gasteiger partial charge on any atom is -0.340 e. The van der Waals surface area contributed by atoms with Gasteiger partial charge in [0, 0.05) is 24.5 Å². The molecule has 0 spiro atoms. The molecule has 4 heteroatoms. The number of anilines is 1. The molecule has 1 aromatic heterocycles. The van der Waals surface area contributed by atoms with E-state index in [9.17, 15) is 0 Å². The van der Waals surface area contributed by atoms with Crippen LogP contribution in [0.2, 0.25) is 0 Å². The van der Waals surface area contributed by atoms with Crippen molar-refractivity contribution in [3.8, 4) is 6.07 Å². The van der Waals surface area contributed by atoms with Gasteiger partial charge in [-0.05, 0) is 32.8 Å². The second kappa shape index (κ2) is 6.34. The summed E-state index contributed by atoms with van der Waals surface area (Å²) < 4.78 is 0. The van der Waals surface area contributed by atoms with Crippen molar-refractivity contribution in [3.63, 3.8) is 0 Å². The second-order valence-electron chi connectivity index (χ2n) is 4.96. The fraction of sp³-hybridized carbons (Fsp3) is 0.643. The Labute approximate surface area is 110 Å². The summed E-state index contributed by atoms with van der Waals surface area (Å²) >= 11 is 0. The first-order chi connectivity index (χ1) is 8.47. The van der Waals surface area contributed by atoms with E-state index in [0.29, 0.717) is 12.5 Å². The molecule has 0 radical (unpaired) electrons. The lowest BCUT2D eigenvalue weighted by molar-refractivity contribution is 0.664. The molecular weight excluding hydrogens is 224 g/mol. The maximum atomic E-state index is 8.91. The highest BCUT2D eigenvalue weighted by molar-refractivity contribution is 5.33. The van der Waals surface area contributed by atoms with Crippen LogP contribution in [0.5, 0.6) is 0 Å². The third-order valence-corrected chi connectivity index (χ3v) is 2.83. The zero-order chi connectivity index (χ0) is 13.7. The van der Waals surface area contributed by atoms with Gasteiger partial charge in [-0.15, -0.1) is 0 Å². The Bertz CT molecular complexity index is 434. The zero-order valence-corrected chi connectivity index (χ0v) is 11.9. The van der Waals surface area contributed by atoms with Gasteiger partial charge in [-0.25, -0.2) is 9.97 Å². The molecule has 0 aromatic carbocycles. The van der Waals surface area contributed by atoms with E-state index in [-0.39, 0.29) is 5.92 Å². The molecule has 0 aliphatic heterocycles. The highest BCUT2D eigenvalue weighted by Crippen LogP contribution is 2.17. The summed E-state index contributed by atoms with van der Waals surface area (Å²) in [5, 5.41) is 8.91.